The van der Waals surface area contributed by atoms with Crippen molar-refractivity contribution in [3.05, 3.63) is 17.5 Å². The Labute approximate surface area is 186 Å². The molecule has 1 aromatic rings. The summed E-state index contributed by atoms with van der Waals surface area (Å²) < 4.78 is 0. The van der Waals surface area contributed by atoms with Crippen LogP contribution in [0.5, 0.6) is 0 Å². The van der Waals surface area contributed by atoms with E-state index in [-0.39, 0.29) is 5.54 Å². The molecule has 4 rings (SSSR count). The van der Waals surface area contributed by atoms with Gasteiger partial charge in [-0.2, -0.15) is 0 Å². The number of nitrogens with one attached hydrogen (secondary N) is 2. The van der Waals surface area contributed by atoms with Gasteiger partial charge in [0.15, 0.2) is 5.96 Å². The van der Waals surface area contributed by atoms with Crippen LogP contribution < -0.4 is 15.5 Å². The maximum Gasteiger partial charge on any atom is 0.191 e. The van der Waals surface area contributed by atoms with Gasteiger partial charge in [0.05, 0.1) is 5.00 Å². The lowest BCUT2D eigenvalue weighted by Crippen LogP contribution is -2.62. The molecule has 0 aliphatic carbocycles. The first-order valence-electron chi connectivity index (χ1n) is 11.9. The lowest BCUT2D eigenvalue weighted by atomic mass is 9.84. The first-order valence-corrected chi connectivity index (χ1v) is 12.8. The molecule has 1 aromatic heterocycles. The Morgan fingerprint density at radius 1 is 1.10 bits per heavy atom. The standard InChI is InChI=1S/C23H40N6S/c1-24-22(26-20-8-14-28(15-9-20)21-7-6-18-30-21)25-19-23(10-16-27(2)17-11-23)29-12-4-3-5-13-29/h6-7,18,20H,3-5,8-17,19H2,1-2H3,(H2,24,25,26). The molecule has 6 nitrogen and oxygen atoms in total. The van der Waals surface area contributed by atoms with Crippen LogP contribution in [0.2, 0.25) is 0 Å². The second kappa shape index (κ2) is 10.3. The van der Waals surface area contributed by atoms with E-state index >= 15 is 0 Å². The maximum absolute atomic E-state index is 4.58. The van der Waals surface area contributed by atoms with Crippen molar-refractivity contribution in [1.29, 1.82) is 0 Å². The summed E-state index contributed by atoms with van der Waals surface area (Å²) in [5.41, 5.74) is 0.285. The quantitative estimate of drug-likeness (QED) is 0.553. The summed E-state index contributed by atoms with van der Waals surface area (Å²) in [6, 6.07) is 4.90. The van der Waals surface area contributed by atoms with Gasteiger partial charge in [-0.3, -0.25) is 9.89 Å². The van der Waals surface area contributed by atoms with E-state index in [2.05, 4.69) is 54.9 Å². The summed E-state index contributed by atoms with van der Waals surface area (Å²) in [7, 11) is 4.18. The van der Waals surface area contributed by atoms with Crippen molar-refractivity contribution < 1.29 is 0 Å². The highest BCUT2D eigenvalue weighted by Crippen LogP contribution is 2.31. The summed E-state index contributed by atoms with van der Waals surface area (Å²) >= 11 is 1.85. The van der Waals surface area contributed by atoms with Gasteiger partial charge in [0.1, 0.15) is 0 Å². The summed E-state index contributed by atoms with van der Waals surface area (Å²) in [5.74, 6) is 0.986. The first kappa shape index (κ1) is 21.9. The van der Waals surface area contributed by atoms with Crippen LogP contribution in [0.4, 0.5) is 5.00 Å². The molecule has 30 heavy (non-hydrogen) atoms. The second-order valence-corrected chi connectivity index (χ2v) is 10.3. The average molecular weight is 433 g/mol. The minimum Gasteiger partial charge on any atom is -0.363 e. The number of hydrogen-bond acceptors (Lipinski definition) is 5. The number of piperidine rings is 3. The Kier molecular flexibility index (Phi) is 7.55. The molecule has 0 atom stereocenters. The van der Waals surface area contributed by atoms with Crippen molar-refractivity contribution in [3.63, 3.8) is 0 Å². The van der Waals surface area contributed by atoms with E-state index in [1.54, 1.807) is 0 Å². The van der Waals surface area contributed by atoms with Gasteiger partial charge in [0, 0.05) is 38.3 Å². The van der Waals surface area contributed by atoms with Gasteiger partial charge in [-0.15, -0.1) is 11.3 Å². The molecule has 0 saturated carbocycles. The smallest absolute Gasteiger partial charge is 0.191 e. The molecule has 0 spiro atoms. The van der Waals surface area contributed by atoms with Crippen LogP contribution in [0.15, 0.2) is 22.5 Å². The van der Waals surface area contributed by atoms with Crippen molar-refractivity contribution >= 4 is 22.3 Å². The van der Waals surface area contributed by atoms with Crippen LogP contribution in [0.1, 0.15) is 44.9 Å². The van der Waals surface area contributed by atoms with Crippen LogP contribution in [-0.2, 0) is 0 Å². The van der Waals surface area contributed by atoms with Gasteiger partial charge in [-0.1, -0.05) is 6.42 Å². The zero-order chi connectivity index (χ0) is 20.8. The molecule has 0 aromatic carbocycles. The molecule has 2 N–H and O–H groups in total. The third kappa shape index (κ3) is 5.29. The summed E-state index contributed by atoms with van der Waals surface area (Å²) in [6.45, 7) is 8.18. The molecule has 3 aliphatic heterocycles. The minimum atomic E-state index is 0.285. The van der Waals surface area contributed by atoms with Gasteiger partial charge in [-0.05, 0) is 89.3 Å². The number of aliphatic imine (C=N–C) groups is 1. The number of guanidine groups is 1. The van der Waals surface area contributed by atoms with Crippen molar-refractivity contribution in [1.82, 2.24) is 20.4 Å². The maximum atomic E-state index is 4.58. The van der Waals surface area contributed by atoms with E-state index in [9.17, 15) is 0 Å². The van der Waals surface area contributed by atoms with Crippen LogP contribution >= 0.6 is 11.3 Å². The molecule has 0 radical (unpaired) electrons. The highest BCUT2D eigenvalue weighted by atomic mass is 32.1. The van der Waals surface area contributed by atoms with E-state index in [1.165, 1.54) is 76.1 Å². The number of likely N-dealkylation sites (tertiary alicyclic amines) is 2. The van der Waals surface area contributed by atoms with Crippen LogP contribution in [-0.4, -0.2) is 87.2 Å². The Hall–Kier alpha value is -1.31. The predicted molar refractivity (Wildman–Crippen MR) is 129 cm³/mol. The molecular weight excluding hydrogens is 392 g/mol. The minimum absolute atomic E-state index is 0.285. The van der Waals surface area contributed by atoms with Crippen LogP contribution in [0.25, 0.3) is 0 Å². The number of thiophene rings is 1. The van der Waals surface area contributed by atoms with E-state index in [1.807, 2.05) is 18.4 Å². The van der Waals surface area contributed by atoms with E-state index in [0.717, 1.165) is 25.6 Å². The fourth-order valence-corrected chi connectivity index (χ4v) is 6.12. The molecule has 7 heteroatoms. The molecule has 3 aliphatic rings. The molecule has 168 valence electrons. The fourth-order valence-electron chi connectivity index (χ4n) is 5.34. The number of rotatable bonds is 5. The Morgan fingerprint density at radius 3 is 2.47 bits per heavy atom. The summed E-state index contributed by atoms with van der Waals surface area (Å²) in [4.78, 5) is 12.4. The van der Waals surface area contributed by atoms with Crippen molar-refractivity contribution in [2.75, 3.05) is 64.8 Å². The highest BCUT2D eigenvalue weighted by Gasteiger charge is 2.39. The predicted octanol–water partition coefficient (Wildman–Crippen LogP) is 2.83. The molecule has 0 amide bonds. The Morgan fingerprint density at radius 2 is 1.83 bits per heavy atom. The number of anilines is 1. The second-order valence-electron chi connectivity index (χ2n) is 9.36. The largest absolute Gasteiger partial charge is 0.363 e. The Balaban J connectivity index is 1.30. The molecule has 0 bridgehead atoms. The zero-order valence-corrected chi connectivity index (χ0v) is 19.7. The van der Waals surface area contributed by atoms with Gasteiger partial charge >= 0.3 is 0 Å². The fraction of sp³-hybridized carbons (Fsp3) is 0.783. The van der Waals surface area contributed by atoms with E-state index < -0.39 is 0 Å². The number of hydrogen-bond donors (Lipinski definition) is 2. The van der Waals surface area contributed by atoms with Crippen molar-refractivity contribution in [2.45, 2.75) is 56.5 Å². The van der Waals surface area contributed by atoms with Crippen molar-refractivity contribution in [3.8, 4) is 0 Å². The van der Waals surface area contributed by atoms with Gasteiger partial charge in [0.2, 0.25) is 0 Å². The van der Waals surface area contributed by atoms with Gasteiger partial charge in [-0.25, -0.2) is 0 Å². The SMILES string of the molecule is CN=C(NCC1(N2CCCCC2)CCN(C)CC1)NC1CCN(c2cccs2)CC1. The third-order valence-electron chi connectivity index (χ3n) is 7.41. The molecule has 3 fully saturated rings. The van der Waals surface area contributed by atoms with Crippen LogP contribution in [0, 0.1) is 0 Å². The molecule has 3 saturated heterocycles. The zero-order valence-electron chi connectivity index (χ0n) is 18.9. The normalized spacial score (nSPS) is 24.7. The summed E-state index contributed by atoms with van der Waals surface area (Å²) in [6.07, 6.45) is 8.95. The van der Waals surface area contributed by atoms with Gasteiger partial charge < -0.3 is 20.4 Å². The molecule has 4 heterocycles. The molecular formula is C23H40N6S. The monoisotopic (exact) mass is 432 g/mol. The lowest BCUT2D eigenvalue weighted by Gasteiger charge is -2.50. The van der Waals surface area contributed by atoms with Crippen LogP contribution in [0.3, 0.4) is 0 Å². The van der Waals surface area contributed by atoms with Crippen molar-refractivity contribution in [2.24, 2.45) is 4.99 Å². The lowest BCUT2D eigenvalue weighted by molar-refractivity contribution is 0.0173. The highest BCUT2D eigenvalue weighted by molar-refractivity contribution is 7.14. The summed E-state index contributed by atoms with van der Waals surface area (Å²) in [5, 5.41) is 11.0. The topological polar surface area (TPSA) is 46.1 Å². The van der Waals surface area contributed by atoms with Gasteiger partial charge in [0.25, 0.3) is 0 Å². The number of nitrogens with zero attached hydrogens (tertiary/aromatic N) is 4. The Bertz CT molecular complexity index is 653. The third-order valence-corrected chi connectivity index (χ3v) is 8.34. The molecule has 0 unspecified atom stereocenters. The van der Waals surface area contributed by atoms with E-state index in [4.69, 9.17) is 0 Å². The van der Waals surface area contributed by atoms with E-state index in [0.29, 0.717) is 6.04 Å². The average Bonchev–Trinajstić information content (AvgIpc) is 3.34. The first-order chi connectivity index (χ1) is 14.7.